The van der Waals surface area contributed by atoms with Crippen molar-refractivity contribution in [2.45, 2.75) is 6.92 Å². The van der Waals surface area contributed by atoms with Crippen molar-refractivity contribution in [3.05, 3.63) is 50.9 Å². The maximum Gasteiger partial charge on any atom is 0.265 e. The van der Waals surface area contributed by atoms with E-state index in [1.165, 1.54) is 23.5 Å². The van der Waals surface area contributed by atoms with E-state index < -0.39 is 5.82 Å². The van der Waals surface area contributed by atoms with Crippen molar-refractivity contribution in [1.29, 1.82) is 0 Å². The zero-order valence-corrected chi connectivity index (χ0v) is 10.5. The molecular formula is C12H9ClFNOS. The van der Waals surface area contributed by atoms with E-state index >= 15 is 0 Å². The fourth-order valence-electron chi connectivity index (χ4n) is 1.33. The summed E-state index contributed by atoms with van der Waals surface area (Å²) in [5.74, 6) is -0.670. The van der Waals surface area contributed by atoms with Crippen molar-refractivity contribution in [1.82, 2.24) is 0 Å². The largest absolute Gasteiger partial charge is 0.320 e. The molecule has 0 atom stereocenters. The number of rotatable bonds is 2. The Morgan fingerprint density at radius 2 is 2.12 bits per heavy atom. The number of aryl methyl sites for hydroxylation is 1. The van der Waals surface area contributed by atoms with Crippen LogP contribution in [0.4, 0.5) is 10.1 Å². The molecular weight excluding hydrogens is 261 g/mol. The maximum atomic E-state index is 12.8. The molecule has 2 aromatic rings. The zero-order chi connectivity index (χ0) is 12.4. The van der Waals surface area contributed by atoms with E-state index in [-0.39, 0.29) is 10.9 Å². The zero-order valence-electron chi connectivity index (χ0n) is 8.96. The second-order valence-electron chi connectivity index (χ2n) is 3.49. The Balaban J connectivity index is 2.18. The van der Waals surface area contributed by atoms with Crippen LogP contribution in [0, 0.1) is 12.7 Å². The predicted molar refractivity (Wildman–Crippen MR) is 68.4 cm³/mol. The number of halogens is 2. The summed E-state index contributed by atoms with van der Waals surface area (Å²) < 4.78 is 12.8. The molecule has 0 unspecified atom stereocenters. The number of thiophene rings is 1. The minimum Gasteiger partial charge on any atom is -0.320 e. The molecule has 2 nitrogen and oxygen atoms in total. The molecule has 1 amide bonds. The second-order valence-corrected chi connectivity index (χ2v) is 5.18. The quantitative estimate of drug-likeness (QED) is 0.874. The van der Waals surface area contributed by atoms with Crippen molar-refractivity contribution < 1.29 is 9.18 Å². The van der Waals surface area contributed by atoms with Crippen LogP contribution in [0.25, 0.3) is 0 Å². The lowest BCUT2D eigenvalue weighted by Gasteiger charge is -2.05. The first-order chi connectivity index (χ1) is 8.06. The SMILES string of the molecule is Cc1ccc(C(=O)Nc2ccc(F)cc2Cl)s1. The van der Waals surface area contributed by atoms with Crippen LogP contribution in [0.1, 0.15) is 14.5 Å². The molecule has 1 N–H and O–H groups in total. The van der Waals surface area contributed by atoms with Crippen LogP contribution >= 0.6 is 22.9 Å². The maximum absolute atomic E-state index is 12.8. The summed E-state index contributed by atoms with van der Waals surface area (Å²) in [5, 5.41) is 2.83. The normalized spacial score (nSPS) is 10.3. The number of hydrogen-bond donors (Lipinski definition) is 1. The fraction of sp³-hybridized carbons (Fsp3) is 0.0833. The van der Waals surface area contributed by atoms with Gasteiger partial charge in [0.15, 0.2) is 0 Å². The van der Waals surface area contributed by atoms with Gasteiger partial charge in [-0.1, -0.05) is 11.6 Å². The van der Waals surface area contributed by atoms with E-state index in [1.54, 1.807) is 6.07 Å². The topological polar surface area (TPSA) is 29.1 Å². The van der Waals surface area contributed by atoms with Crippen molar-refractivity contribution in [2.75, 3.05) is 5.32 Å². The summed E-state index contributed by atoms with van der Waals surface area (Å²) in [4.78, 5) is 13.5. The van der Waals surface area contributed by atoms with Crippen LogP contribution in [0.3, 0.4) is 0 Å². The average molecular weight is 270 g/mol. The molecule has 0 aliphatic carbocycles. The molecule has 0 spiro atoms. The van der Waals surface area contributed by atoms with Crippen LogP contribution in [-0.2, 0) is 0 Å². The molecule has 0 aliphatic heterocycles. The molecule has 5 heteroatoms. The highest BCUT2D eigenvalue weighted by Gasteiger charge is 2.10. The van der Waals surface area contributed by atoms with E-state index in [4.69, 9.17) is 11.6 Å². The van der Waals surface area contributed by atoms with Gasteiger partial charge in [0, 0.05) is 4.88 Å². The monoisotopic (exact) mass is 269 g/mol. The Hall–Kier alpha value is -1.39. The van der Waals surface area contributed by atoms with Gasteiger partial charge in [0.2, 0.25) is 0 Å². The highest BCUT2D eigenvalue weighted by molar-refractivity contribution is 7.14. The standard InChI is InChI=1S/C12H9ClFNOS/c1-7-2-5-11(17-7)12(16)15-10-4-3-8(14)6-9(10)13/h2-6H,1H3,(H,15,16). The Bertz CT molecular complexity index is 567. The van der Waals surface area contributed by atoms with Gasteiger partial charge in [-0.25, -0.2) is 4.39 Å². The molecule has 0 bridgehead atoms. The van der Waals surface area contributed by atoms with E-state index in [0.717, 1.165) is 10.9 Å². The minimum atomic E-state index is -0.431. The smallest absolute Gasteiger partial charge is 0.265 e. The lowest BCUT2D eigenvalue weighted by atomic mass is 10.3. The molecule has 1 aromatic heterocycles. The van der Waals surface area contributed by atoms with E-state index in [2.05, 4.69) is 5.32 Å². The third kappa shape index (κ3) is 2.84. The van der Waals surface area contributed by atoms with Crippen molar-refractivity contribution in [3.63, 3.8) is 0 Å². The summed E-state index contributed by atoms with van der Waals surface area (Å²) in [6.45, 7) is 1.92. The molecule has 0 saturated heterocycles. The van der Waals surface area contributed by atoms with Crippen molar-refractivity contribution >= 4 is 34.5 Å². The predicted octanol–water partition coefficient (Wildman–Crippen LogP) is 4.10. The summed E-state index contributed by atoms with van der Waals surface area (Å²) in [6, 6.07) is 7.46. The molecule has 1 aromatic carbocycles. The molecule has 1 heterocycles. The Morgan fingerprint density at radius 1 is 1.35 bits per heavy atom. The van der Waals surface area contributed by atoms with Crippen LogP contribution < -0.4 is 5.32 Å². The number of amides is 1. The number of anilines is 1. The van der Waals surface area contributed by atoms with Gasteiger partial charge in [-0.2, -0.15) is 0 Å². The molecule has 0 aliphatic rings. The van der Waals surface area contributed by atoms with Crippen LogP contribution in [0.5, 0.6) is 0 Å². The first-order valence-corrected chi connectivity index (χ1v) is 6.08. The molecule has 88 valence electrons. The number of carbonyl (C=O) groups excluding carboxylic acids is 1. The first-order valence-electron chi connectivity index (χ1n) is 4.89. The lowest BCUT2D eigenvalue weighted by Crippen LogP contribution is -2.10. The van der Waals surface area contributed by atoms with E-state index in [9.17, 15) is 9.18 Å². The van der Waals surface area contributed by atoms with Gasteiger partial charge in [-0.3, -0.25) is 4.79 Å². The number of hydrogen-bond acceptors (Lipinski definition) is 2. The van der Waals surface area contributed by atoms with E-state index in [0.29, 0.717) is 10.6 Å². The molecule has 2 rings (SSSR count). The Morgan fingerprint density at radius 3 is 2.71 bits per heavy atom. The molecule has 0 saturated carbocycles. The first kappa shape index (κ1) is 12.1. The number of carbonyl (C=O) groups is 1. The van der Waals surface area contributed by atoms with Crippen LogP contribution in [0.2, 0.25) is 5.02 Å². The van der Waals surface area contributed by atoms with Crippen LogP contribution in [-0.4, -0.2) is 5.91 Å². The van der Waals surface area contributed by atoms with Crippen molar-refractivity contribution in [2.24, 2.45) is 0 Å². The highest BCUT2D eigenvalue weighted by Crippen LogP contribution is 2.24. The fourth-order valence-corrected chi connectivity index (χ4v) is 2.31. The lowest BCUT2D eigenvalue weighted by molar-refractivity contribution is 0.103. The third-order valence-corrected chi connectivity index (χ3v) is 3.46. The Kier molecular flexibility index (Phi) is 3.45. The van der Waals surface area contributed by atoms with Gasteiger partial charge in [-0.15, -0.1) is 11.3 Å². The third-order valence-electron chi connectivity index (χ3n) is 2.14. The van der Waals surface area contributed by atoms with Gasteiger partial charge in [-0.05, 0) is 37.3 Å². The summed E-state index contributed by atoms with van der Waals surface area (Å²) >= 11 is 7.21. The number of benzene rings is 1. The molecule has 0 radical (unpaired) electrons. The van der Waals surface area contributed by atoms with Gasteiger partial charge < -0.3 is 5.32 Å². The highest BCUT2D eigenvalue weighted by atomic mass is 35.5. The summed E-state index contributed by atoms with van der Waals surface area (Å²) in [5.41, 5.74) is 0.407. The minimum absolute atomic E-state index is 0.187. The summed E-state index contributed by atoms with van der Waals surface area (Å²) in [6.07, 6.45) is 0. The van der Waals surface area contributed by atoms with Crippen LogP contribution in [0.15, 0.2) is 30.3 Å². The summed E-state index contributed by atoms with van der Waals surface area (Å²) in [7, 11) is 0. The van der Waals surface area contributed by atoms with Gasteiger partial charge in [0.05, 0.1) is 15.6 Å². The number of nitrogens with one attached hydrogen (secondary N) is 1. The van der Waals surface area contributed by atoms with E-state index in [1.807, 2.05) is 13.0 Å². The molecule has 17 heavy (non-hydrogen) atoms. The Labute approximate surface area is 107 Å². The van der Waals surface area contributed by atoms with Gasteiger partial charge >= 0.3 is 0 Å². The second kappa shape index (κ2) is 4.85. The van der Waals surface area contributed by atoms with Gasteiger partial charge in [0.1, 0.15) is 5.82 Å². The molecule has 0 fully saturated rings. The van der Waals surface area contributed by atoms with Crippen molar-refractivity contribution in [3.8, 4) is 0 Å². The average Bonchev–Trinajstić information content (AvgIpc) is 2.69. The van der Waals surface area contributed by atoms with Gasteiger partial charge in [0.25, 0.3) is 5.91 Å².